The summed E-state index contributed by atoms with van der Waals surface area (Å²) < 4.78 is 0. The second kappa shape index (κ2) is 5.56. The summed E-state index contributed by atoms with van der Waals surface area (Å²) in [6.45, 7) is 1.62. The van der Waals surface area contributed by atoms with Gasteiger partial charge in [-0.3, -0.25) is 4.98 Å². The Morgan fingerprint density at radius 1 is 1.79 bits per heavy atom. The van der Waals surface area contributed by atoms with Crippen molar-refractivity contribution in [3.63, 3.8) is 0 Å². The molecule has 0 aliphatic heterocycles. The van der Waals surface area contributed by atoms with Gasteiger partial charge in [0.05, 0.1) is 5.51 Å². The Labute approximate surface area is 86.9 Å². The molecule has 0 fully saturated rings. The molecule has 6 heteroatoms. The Morgan fingerprint density at radius 3 is 3.14 bits per heavy atom. The number of nitrogens with two attached hydrogens (primary N) is 1. The van der Waals surface area contributed by atoms with E-state index in [0.717, 1.165) is 13.1 Å². The van der Waals surface area contributed by atoms with Crippen molar-refractivity contribution in [2.75, 3.05) is 13.6 Å². The van der Waals surface area contributed by atoms with Crippen molar-refractivity contribution in [3.05, 3.63) is 16.6 Å². The molecule has 1 aromatic heterocycles. The molecule has 0 saturated carbocycles. The van der Waals surface area contributed by atoms with Crippen LogP contribution >= 0.6 is 11.3 Å². The molecule has 1 rings (SSSR count). The second-order valence-corrected chi connectivity index (χ2v) is 4.02. The highest BCUT2D eigenvalue weighted by atomic mass is 32.1. The minimum absolute atomic E-state index is 0.265. The summed E-state index contributed by atoms with van der Waals surface area (Å²) in [5.41, 5.74) is 7.17. The van der Waals surface area contributed by atoms with Gasteiger partial charge >= 0.3 is 0 Å². The van der Waals surface area contributed by atoms with Gasteiger partial charge in [0.25, 0.3) is 0 Å². The molecule has 0 spiro atoms. The normalized spacial score (nSPS) is 12.3. The lowest BCUT2D eigenvalue weighted by atomic mass is 10.3. The lowest BCUT2D eigenvalue weighted by Gasteiger charge is -2.14. The zero-order valence-corrected chi connectivity index (χ0v) is 8.87. The molecule has 0 radical (unpaired) electrons. The van der Waals surface area contributed by atoms with E-state index >= 15 is 0 Å². The molecule has 1 aromatic rings. The minimum atomic E-state index is 0.265. The average Bonchev–Trinajstić information content (AvgIpc) is 2.66. The van der Waals surface area contributed by atoms with E-state index in [1.54, 1.807) is 11.3 Å². The van der Waals surface area contributed by atoms with Crippen LogP contribution in [-0.2, 0) is 6.54 Å². The highest BCUT2D eigenvalue weighted by Gasteiger charge is 2.02. The molecule has 0 aliphatic carbocycles. The van der Waals surface area contributed by atoms with Gasteiger partial charge in [-0.15, -0.1) is 11.3 Å². The number of hydrogen-bond acceptors (Lipinski definition) is 5. The van der Waals surface area contributed by atoms with E-state index < -0.39 is 0 Å². The van der Waals surface area contributed by atoms with Crippen LogP contribution in [0.25, 0.3) is 0 Å². The zero-order chi connectivity index (χ0) is 10.4. The second-order valence-electron chi connectivity index (χ2n) is 3.05. The van der Waals surface area contributed by atoms with Crippen LogP contribution in [0.3, 0.4) is 0 Å². The number of hydrogen-bond donors (Lipinski definition) is 2. The first kappa shape index (κ1) is 10.9. The predicted molar refractivity (Wildman–Crippen MR) is 56.5 cm³/mol. The maximum absolute atomic E-state index is 8.34. The standard InChI is InChI=1S/C8H14N4OS/c1-12(3-2-8(9)11-13)5-7-4-10-6-14-7/h4,6,13H,2-3,5H2,1H3,(H2,9,11). The van der Waals surface area contributed by atoms with Crippen molar-refractivity contribution >= 4 is 17.2 Å². The van der Waals surface area contributed by atoms with Crippen molar-refractivity contribution in [3.8, 4) is 0 Å². The maximum atomic E-state index is 8.34. The van der Waals surface area contributed by atoms with Crippen LogP contribution in [0.2, 0.25) is 0 Å². The van der Waals surface area contributed by atoms with Crippen LogP contribution in [0.5, 0.6) is 0 Å². The van der Waals surface area contributed by atoms with Crippen molar-refractivity contribution in [2.45, 2.75) is 13.0 Å². The molecular formula is C8H14N4OS. The Balaban J connectivity index is 2.26. The van der Waals surface area contributed by atoms with Crippen LogP contribution in [0, 0.1) is 0 Å². The average molecular weight is 214 g/mol. The number of rotatable bonds is 5. The predicted octanol–water partition coefficient (Wildman–Crippen LogP) is 0.711. The van der Waals surface area contributed by atoms with E-state index in [-0.39, 0.29) is 5.84 Å². The van der Waals surface area contributed by atoms with Gasteiger partial charge in [0.15, 0.2) is 0 Å². The SMILES string of the molecule is CN(CCC(N)=NO)Cc1cncs1. The Morgan fingerprint density at radius 2 is 2.57 bits per heavy atom. The van der Waals surface area contributed by atoms with Crippen molar-refractivity contribution in [1.29, 1.82) is 0 Å². The third kappa shape index (κ3) is 3.71. The molecular weight excluding hydrogens is 200 g/mol. The van der Waals surface area contributed by atoms with Gasteiger partial charge in [0.1, 0.15) is 5.84 Å². The molecule has 1 heterocycles. The fraction of sp³-hybridized carbons (Fsp3) is 0.500. The Kier molecular flexibility index (Phi) is 4.34. The minimum Gasteiger partial charge on any atom is -0.409 e. The lowest BCUT2D eigenvalue weighted by Crippen LogP contribution is -2.24. The zero-order valence-electron chi connectivity index (χ0n) is 8.05. The molecule has 0 unspecified atom stereocenters. The quantitative estimate of drug-likeness (QED) is 0.327. The molecule has 0 atom stereocenters. The maximum Gasteiger partial charge on any atom is 0.140 e. The highest BCUT2D eigenvalue weighted by molar-refractivity contribution is 7.09. The molecule has 5 nitrogen and oxygen atoms in total. The third-order valence-electron chi connectivity index (χ3n) is 1.79. The van der Waals surface area contributed by atoms with Gasteiger partial charge in [-0.2, -0.15) is 0 Å². The molecule has 0 saturated heterocycles. The summed E-state index contributed by atoms with van der Waals surface area (Å²) in [6.07, 6.45) is 2.43. The van der Waals surface area contributed by atoms with Crippen LogP contribution < -0.4 is 5.73 Å². The lowest BCUT2D eigenvalue weighted by molar-refractivity contribution is 0.310. The molecule has 0 amide bonds. The van der Waals surface area contributed by atoms with Crippen molar-refractivity contribution in [1.82, 2.24) is 9.88 Å². The van der Waals surface area contributed by atoms with E-state index in [4.69, 9.17) is 10.9 Å². The Bertz CT molecular complexity index is 286. The number of oxime groups is 1. The number of thiazole rings is 1. The van der Waals surface area contributed by atoms with Gasteiger partial charge in [0, 0.05) is 30.6 Å². The summed E-state index contributed by atoms with van der Waals surface area (Å²) in [4.78, 5) is 7.31. The van der Waals surface area contributed by atoms with Gasteiger partial charge in [0.2, 0.25) is 0 Å². The van der Waals surface area contributed by atoms with Crippen LogP contribution in [0.1, 0.15) is 11.3 Å². The van der Waals surface area contributed by atoms with Crippen LogP contribution in [-0.4, -0.2) is 34.5 Å². The monoisotopic (exact) mass is 214 g/mol. The molecule has 78 valence electrons. The fourth-order valence-electron chi connectivity index (χ4n) is 1.02. The summed E-state index contributed by atoms with van der Waals surface area (Å²) in [5, 5.41) is 11.3. The number of amidine groups is 1. The van der Waals surface area contributed by atoms with Gasteiger partial charge in [-0.05, 0) is 7.05 Å². The molecule has 0 aliphatic rings. The third-order valence-corrected chi connectivity index (χ3v) is 2.55. The number of aromatic nitrogens is 1. The smallest absolute Gasteiger partial charge is 0.140 e. The first-order valence-corrected chi connectivity index (χ1v) is 5.12. The van der Waals surface area contributed by atoms with Gasteiger partial charge < -0.3 is 15.8 Å². The largest absolute Gasteiger partial charge is 0.409 e. The summed E-state index contributed by atoms with van der Waals surface area (Å²) in [7, 11) is 1.99. The summed E-state index contributed by atoms with van der Waals surface area (Å²) >= 11 is 1.63. The van der Waals surface area contributed by atoms with Crippen LogP contribution in [0.4, 0.5) is 0 Å². The molecule has 3 N–H and O–H groups in total. The summed E-state index contributed by atoms with van der Waals surface area (Å²) in [6, 6.07) is 0. The molecule has 0 aromatic carbocycles. The molecule has 0 bridgehead atoms. The highest BCUT2D eigenvalue weighted by Crippen LogP contribution is 2.08. The van der Waals surface area contributed by atoms with Crippen LogP contribution in [0.15, 0.2) is 16.9 Å². The van der Waals surface area contributed by atoms with Gasteiger partial charge in [-0.25, -0.2) is 0 Å². The topological polar surface area (TPSA) is 74.7 Å². The van der Waals surface area contributed by atoms with Crippen molar-refractivity contribution < 1.29 is 5.21 Å². The first-order chi connectivity index (χ1) is 6.72. The Hall–Kier alpha value is -1.14. The summed E-state index contributed by atoms with van der Waals surface area (Å²) in [5.74, 6) is 0.265. The molecule has 14 heavy (non-hydrogen) atoms. The first-order valence-electron chi connectivity index (χ1n) is 4.24. The van der Waals surface area contributed by atoms with E-state index in [1.165, 1.54) is 4.88 Å². The van der Waals surface area contributed by atoms with E-state index in [2.05, 4.69) is 15.0 Å². The van der Waals surface area contributed by atoms with E-state index in [9.17, 15) is 0 Å². The number of nitrogens with zero attached hydrogens (tertiary/aromatic N) is 3. The van der Waals surface area contributed by atoms with E-state index in [1.807, 2.05) is 18.8 Å². The van der Waals surface area contributed by atoms with E-state index in [0.29, 0.717) is 6.42 Å². The van der Waals surface area contributed by atoms with Gasteiger partial charge in [-0.1, -0.05) is 5.16 Å². The van der Waals surface area contributed by atoms with Crippen molar-refractivity contribution in [2.24, 2.45) is 10.9 Å². The fourth-order valence-corrected chi connectivity index (χ4v) is 1.69.